The lowest BCUT2D eigenvalue weighted by molar-refractivity contribution is -0.132. The number of hydrogen-bond acceptors (Lipinski definition) is 3. The van der Waals surface area contributed by atoms with Gasteiger partial charge < -0.3 is 5.32 Å². The van der Waals surface area contributed by atoms with Crippen LogP contribution in [0.1, 0.15) is 16.8 Å². The molecule has 2 rings (SSSR count). The van der Waals surface area contributed by atoms with Gasteiger partial charge in [0, 0.05) is 40.3 Å². The zero-order valence-electron chi connectivity index (χ0n) is 10.5. The Morgan fingerprint density at radius 2 is 1.95 bits per heavy atom. The van der Waals surface area contributed by atoms with Gasteiger partial charge in [0.25, 0.3) is 5.91 Å². The Labute approximate surface area is 131 Å². The summed E-state index contributed by atoms with van der Waals surface area (Å²) in [5.74, 6) is -0.0567. The second-order valence-electron chi connectivity index (χ2n) is 4.15. The number of hydrogen-bond donors (Lipinski definition) is 2. The van der Waals surface area contributed by atoms with Gasteiger partial charge in [0.1, 0.15) is 0 Å². The zero-order valence-corrected chi connectivity index (χ0v) is 12.7. The van der Waals surface area contributed by atoms with Crippen molar-refractivity contribution in [3.63, 3.8) is 0 Å². The molecule has 0 saturated carbocycles. The number of nitrogens with one attached hydrogen (secondary N) is 2. The number of halogens is 4. The predicted molar refractivity (Wildman–Crippen MR) is 77.5 cm³/mol. The van der Waals surface area contributed by atoms with Crippen LogP contribution < -0.4 is 5.32 Å². The summed E-state index contributed by atoms with van der Waals surface area (Å²) in [6.07, 6.45) is -5.33. The van der Waals surface area contributed by atoms with Gasteiger partial charge in [-0.2, -0.15) is 18.3 Å². The Morgan fingerprint density at radius 1 is 1.29 bits per heavy atom. The number of carbonyl (C=O) groups is 1. The number of amides is 1. The summed E-state index contributed by atoms with van der Waals surface area (Å²) in [6.45, 7) is -0.441. The largest absolute Gasteiger partial charge is 0.390 e. The van der Waals surface area contributed by atoms with E-state index in [4.69, 9.17) is 0 Å². The molecule has 112 valence electrons. The summed E-state index contributed by atoms with van der Waals surface area (Å²) < 4.78 is 36.6. The van der Waals surface area contributed by atoms with Crippen LogP contribution in [0, 0.1) is 3.83 Å². The second kappa shape index (κ2) is 6.41. The van der Waals surface area contributed by atoms with E-state index in [1.165, 1.54) is 12.1 Å². The van der Waals surface area contributed by atoms with Gasteiger partial charge in [-0.1, -0.05) is 12.1 Å². The molecule has 1 heterocycles. The first-order valence-electron chi connectivity index (χ1n) is 5.88. The number of benzene rings is 1. The Kier molecular flexibility index (Phi) is 4.80. The number of nitrogens with zero attached hydrogens (tertiary/aromatic N) is 2. The summed E-state index contributed by atoms with van der Waals surface area (Å²) in [7, 11) is 0. The van der Waals surface area contributed by atoms with E-state index in [2.05, 4.69) is 20.5 Å². The molecular weight excluding hydrogens is 400 g/mol. The Hall–Kier alpha value is -1.65. The fourth-order valence-electron chi connectivity index (χ4n) is 1.56. The van der Waals surface area contributed by atoms with E-state index in [1.807, 2.05) is 22.6 Å². The SMILES string of the molecule is O=C(NCCC(F)(F)F)c1ccc(-c2n[nH]c(I)n2)cc1. The van der Waals surface area contributed by atoms with E-state index in [9.17, 15) is 18.0 Å². The van der Waals surface area contributed by atoms with Gasteiger partial charge >= 0.3 is 6.18 Å². The van der Waals surface area contributed by atoms with E-state index < -0.39 is 25.0 Å². The Balaban J connectivity index is 1.97. The molecule has 0 radical (unpaired) electrons. The normalized spacial score (nSPS) is 11.4. The smallest absolute Gasteiger partial charge is 0.352 e. The van der Waals surface area contributed by atoms with Gasteiger partial charge in [-0.25, -0.2) is 4.98 Å². The molecule has 1 amide bonds. The molecule has 0 aliphatic heterocycles. The van der Waals surface area contributed by atoms with Crippen LogP contribution in [0.25, 0.3) is 11.4 Å². The van der Waals surface area contributed by atoms with Crippen molar-refractivity contribution in [2.24, 2.45) is 0 Å². The van der Waals surface area contributed by atoms with Crippen molar-refractivity contribution in [2.75, 3.05) is 6.54 Å². The molecular formula is C12H10F3IN4O. The molecule has 2 aromatic rings. The van der Waals surface area contributed by atoms with Crippen LogP contribution in [0.2, 0.25) is 0 Å². The minimum atomic E-state index is -4.28. The lowest BCUT2D eigenvalue weighted by atomic mass is 10.1. The lowest BCUT2D eigenvalue weighted by Crippen LogP contribution is -2.27. The first-order valence-corrected chi connectivity index (χ1v) is 6.96. The molecule has 0 bridgehead atoms. The molecule has 0 aliphatic carbocycles. The van der Waals surface area contributed by atoms with Crippen LogP contribution in [0.3, 0.4) is 0 Å². The third-order valence-corrected chi connectivity index (χ3v) is 3.04. The fourth-order valence-corrected chi connectivity index (χ4v) is 1.91. The molecule has 21 heavy (non-hydrogen) atoms. The maximum atomic E-state index is 12.0. The van der Waals surface area contributed by atoms with E-state index in [1.54, 1.807) is 12.1 Å². The Bertz CT molecular complexity index is 624. The zero-order chi connectivity index (χ0) is 15.5. The van der Waals surface area contributed by atoms with Crippen molar-refractivity contribution in [3.05, 3.63) is 33.7 Å². The fraction of sp³-hybridized carbons (Fsp3) is 0.250. The van der Waals surface area contributed by atoms with Crippen molar-refractivity contribution in [2.45, 2.75) is 12.6 Å². The maximum Gasteiger partial charge on any atom is 0.390 e. The molecule has 0 fully saturated rings. The van der Waals surface area contributed by atoms with Gasteiger partial charge in [0.05, 0.1) is 6.42 Å². The lowest BCUT2D eigenvalue weighted by Gasteiger charge is -2.08. The number of aromatic nitrogens is 3. The first kappa shape index (κ1) is 15.7. The number of rotatable bonds is 4. The monoisotopic (exact) mass is 410 g/mol. The van der Waals surface area contributed by atoms with E-state index >= 15 is 0 Å². The molecule has 0 unspecified atom stereocenters. The van der Waals surface area contributed by atoms with Crippen LogP contribution in [0.5, 0.6) is 0 Å². The van der Waals surface area contributed by atoms with Crippen molar-refractivity contribution in [1.29, 1.82) is 0 Å². The van der Waals surface area contributed by atoms with Gasteiger partial charge in [-0.3, -0.25) is 9.89 Å². The average molecular weight is 410 g/mol. The summed E-state index contributed by atoms with van der Waals surface area (Å²) in [6, 6.07) is 6.30. The molecule has 2 N–H and O–H groups in total. The molecule has 0 aliphatic rings. The minimum absolute atomic E-state index is 0.283. The highest BCUT2D eigenvalue weighted by Gasteiger charge is 2.26. The van der Waals surface area contributed by atoms with Gasteiger partial charge in [0.2, 0.25) is 0 Å². The van der Waals surface area contributed by atoms with Crippen LogP contribution in [-0.2, 0) is 0 Å². The second-order valence-corrected chi connectivity index (χ2v) is 5.17. The van der Waals surface area contributed by atoms with Crippen LogP contribution in [0.4, 0.5) is 13.2 Å². The van der Waals surface area contributed by atoms with Crippen LogP contribution in [0.15, 0.2) is 24.3 Å². The highest BCUT2D eigenvalue weighted by molar-refractivity contribution is 14.1. The van der Waals surface area contributed by atoms with Crippen molar-refractivity contribution in [3.8, 4) is 11.4 Å². The molecule has 0 spiro atoms. The van der Waals surface area contributed by atoms with Crippen molar-refractivity contribution >= 4 is 28.5 Å². The number of alkyl halides is 3. The van der Waals surface area contributed by atoms with Gasteiger partial charge in [0.15, 0.2) is 9.66 Å². The standard InChI is InChI=1S/C12H10F3IN4O/c13-12(14,15)5-6-17-10(21)8-3-1-7(2-4-8)9-18-11(16)20-19-9/h1-4H,5-6H2,(H,17,21)(H,18,19,20). The summed E-state index contributed by atoms with van der Waals surface area (Å²) in [4.78, 5) is 15.8. The van der Waals surface area contributed by atoms with E-state index in [0.29, 0.717) is 15.2 Å². The van der Waals surface area contributed by atoms with Gasteiger partial charge in [-0.15, -0.1) is 0 Å². The van der Waals surface area contributed by atoms with Crippen molar-refractivity contribution in [1.82, 2.24) is 20.5 Å². The third-order valence-electron chi connectivity index (χ3n) is 2.56. The molecule has 9 heteroatoms. The third kappa shape index (κ3) is 4.69. The summed E-state index contributed by atoms with van der Waals surface area (Å²) in [5, 5.41) is 8.88. The molecule has 1 aromatic carbocycles. The summed E-state index contributed by atoms with van der Waals surface area (Å²) >= 11 is 1.98. The van der Waals surface area contributed by atoms with Crippen LogP contribution >= 0.6 is 22.6 Å². The van der Waals surface area contributed by atoms with E-state index in [-0.39, 0.29) is 5.56 Å². The Morgan fingerprint density at radius 3 is 2.48 bits per heavy atom. The highest BCUT2D eigenvalue weighted by Crippen LogP contribution is 2.19. The highest BCUT2D eigenvalue weighted by atomic mass is 127. The quantitative estimate of drug-likeness (QED) is 0.762. The first-order chi connectivity index (χ1) is 9.85. The predicted octanol–water partition coefficient (Wildman–Crippen LogP) is 2.76. The number of aromatic amines is 1. The topological polar surface area (TPSA) is 70.7 Å². The van der Waals surface area contributed by atoms with Crippen LogP contribution in [-0.4, -0.2) is 33.8 Å². The average Bonchev–Trinajstić information content (AvgIpc) is 2.84. The maximum absolute atomic E-state index is 12.0. The van der Waals surface area contributed by atoms with E-state index in [0.717, 1.165) is 0 Å². The van der Waals surface area contributed by atoms with Crippen molar-refractivity contribution < 1.29 is 18.0 Å². The number of H-pyrrole nitrogens is 1. The minimum Gasteiger partial charge on any atom is -0.352 e. The molecule has 0 atom stereocenters. The number of carbonyl (C=O) groups excluding carboxylic acids is 1. The van der Waals surface area contributed by atoms with Gasteiger partial charge in [-0.05, 0) is 12.1 Å². The summed E-state index contributed by atoms with van der Waals surface area (Å²) in [5.41, 5.74) is 0.993. The molecule has 0 saturated heterocycles. The molecule has 5 nitrogen and oxygen atoms in total. The molecule has 1 aromatic heterocycles.